The van der Waals surface area contributed by atoms with Gasteiger partial charge >= 0.3 is 0 Å². The fourth-order valence-corrected chi connectivity index (χ4v) is 2.51. The summed E-state index contributed by atoms with van der Waals surface area (Å²) in [6.45, 7) is 7.47. The standard InChI is InChI=1S/C16H25N3O/c1-3-4-9-18(10-7-12-20)13-15-14(2)17-16-8-5-6-11-19(15)16/h5-6,8,11,20H,3-4,7,9-10,12-13H2,1-2H3. The Morgan fingerprint density at radius 1 is 1.25 bits per heavy atom. The third-order valence-corrected chi connectivity index (χ3v) is 3.66. The molecule has 0 aliphatic rings. The molecule has 0 aromatic carbocycles. The Kier molecular flexibility index (Phi) is 5.56. The molecule has 0 unspecified atom stereocenters. The van der Waals surface area contributed by atoms with Gasteiger partial charge in [-0.2, -0.15) is 0 Å². The predicted molar refractivity (Wildman–Crippen MR) is 81.8 cm³/mol. The number of nitrogens with zero attached hydrogens (tertiary/aromatic N) is 3. The highest BCUT2D eigenvalue weighted by Crippen LogP contribution is 2.14. The summed E-state index contributed by atoms with van der Waals surface area (Å²) in [5.41, 5.74) is 3.37. The topological polar surface area (TPSA) is 40.8 Å². The van der Waals surface area contributed by atoms with Gasteiger partial charge in [0.25, 0.3) is 0 Å². The molecule has 0 amide bonds. The number of hydrogen-bond donors (Lipinski definition) is 1. The van der Waals surface area contributed by atoms with Gasteiger partial charge in [-0.25, -0.2) is 4.98 Å². The van der Waals surface area contributed by atoms with E-state index in [0.29, 0.717) is 0 Å². The third-order valence-electron chi connectivity index (χ3n) is 3.66. The SMILES string of the molecule is CCCCN(CCCO)Cc1c(C)nc2ccccn12. The number of fused-ring (bicyclic) bond motifs is 1. The summed E-state index contributed by atoms with van der Waals surface area (Å²) < 4.78 is 2.17. The van der Waals surface area contributed by atoms with E-state index in [1.165, 1.54) is 18.5 Å². The summed E-state index contributed by atoms with van der Waals surface area (Å²) in [5, 5.41) is 9.05. The van der Waals surface area contributed by atoms with Gasteiger partial charge < -0.3 is 9.51 Å². The smallest absolute Gasteiger partial charge is 0.137 e. The highest BCUT2D eigenvalue weighted by Gasteiger charge is 2.12. The van der Waals surface area contributed by atoms with E-state index < -0.39 is 0 Å². The molecule has 0 radical (unpaired) electrons. The van der Waals surface area contributed by atoms with Crippen molar-refractivity contribution in [2.24, 2.45) is 0 Å². The molecule has 1 N–H and O–H groups in total. The van der Waals surface area contributed by atoms with Gasteiger partial charge in [-0.15, -0.1) is 0 Å². The Morgan fingerprint density at radius 2 is 2.05 bits per heavy atom. The van der Waals surface area contributed by atoms with Crippen molar-refractivity contribution in [3.8, 4) is 0 Å². The molecule has 2 heterocycles. The molecule has 2 rings (SSSR count). The lowest BCUT2D eigenvalue weighted by Gasteiger charge is -2.22. The quantitative estimate of drug-likeness (QED) is 0.805. The summed E-state index contributed by atoms with van der Waals surface area (Å²) in [5.74, 6) is 0. The first kappa shape index (κ1) is 15.0. The van der Waals surface area contributed by atoms with Gasteiger partial charge in [-0.1, -0.05) is 19.4 Å². The van der Waals surface area contributed by atoms with Gasteiger partial charge in [0.1, 0.15) is 5.65 Å². The van der Waals surface area contributed by atoms with Crippen LogP contribution in [0, 0.1) is 6.92 Å². The molecule has 0 saturated heterocycles. The van der Waals surface area contributed by atoms with Gasteiger partial charge in [0.2, 0.25) is 0 Å². The predicted octanol–water partition coefficient (Wildman–Crippen LogP) is 2.63. The Labute approximate surface area is 121 Å². The number of imidazole rings is 1. The van der Waals surface area contributed by atoms with Crippen LogP contribution in [0.1, 0.15) is 37.6 Å². The number of aliphatic hydroxyl groups excluding tert-OH is 1. The van der Waals surface area contributed by atoms with E-state index in [1.54, 1.807) is 0 Å². The first-order valence-corrected chi connectivity index (χ1v) is 7.52. The van der Waals surface area contributed by atoms with Gasteiger partial charge in [0, 0.05) is 25.9 Å². The van der Waals surface area contributed by atoms with Crippen LogP contribution in [0.3, 0.4) is 0 Å². The maximum atomic E-state index is 9.05. The zero-order valence-electron chi connectivity index (χ0n) is 12.5. The summed E-state index contributed by atoms with van der Waals surface area (Å²) >= 11 is 0. The van der Waals surface area contributed by atoms with E-state index in [-0.39, 0.29) is 6.61 Å². The van der Waals surface area contributed by atoms with Gasteiger partial charge in [0.05, 0.1) is 11.4 Å². The van der Waals surface area contributed by atoms with Crippen molar-refractivity contribution in [1.82, 2.24) is 14.3 Å². The highest BCUT2D eigenvalue weighted by atomic mass is 16.3. The average Bonchev–Trinajstić information content (AvgIpc) is 2.78. The second kappa shape index (κ2) is 7.41. The van der Waals surface area contributed by atoms with Crippen LogP contribution in [0.25, 0.3) is 5.65 Å². The zero-order valence-corrected chi connectivity index (χ0v) is 12.5. The Morgan fingerprint density at radius 3 is 2.80 bits per heavy atom. The number of aliphatic hydroxyl groups is 1. The number of rotatable bonds is 8. The van der Waals surface area contributed by atoms with Crippen molar-refractivity contribution in [1.29, 1.82) is 0 Å². The minimum absolute atomic E-state index is 0.259. The van der Waals surface area contributed by atoms with E-state index in [4.69, 9.17) is 5.11 Å². The molecule has 4 nitrogen and oxygen atoms in total. The zero-order chi connectivity index (χ0) is 14.4. The molecule has 0 aliphatic heterocycles. The third kappa shape index (κ3) is 3.58. The van der Waals surface area contributed by atoms with Gasteiger partial charge in [-0.3, -0.25) is 4.90 Å². The largest absolute Gasteiger partial charge is 0.396 e. The van der Waals surface area contributed by atoms with E-state index >= 15 is 0 Å². The summed E-state index contributed by atoms with van der Waals surface area (Å²) in [6, 6.07) is 6.11. The van der Waals surface area contributed by atoms with Crippen LogP contribution in [0.5, 0.6) is 0 Å². The molecule has 0 spiro atoms. The summed E-state index contributed by atoms with van der Waals surface area (Å²) in [6.07, 6.45) is 5.30. The maximum absolute atomic E-state index is 9.05. The van der Waals surface area contributed by atoms with E-state index in [9.17, 15) is 0 Å². The molecule has 0 fully saturated rings. The number of pyridine rings is 1. The monoisotopic (exact) mass is 275 g/mol. The Bertz CT molecular complexity index is 528. The fraction of sp³-hybridized carbons (Fsp3) is 0.562. The Balaban J connectivity index is 2.16. The average molecular weight is 275 g/mol. The van der Waals surface area contributed by atoms with Crippen molar-refractivity contribution in [3.05, 3.63) is 35.8 Å². The minimum Gasteiger partial charge on any atom is -0.396 e. The lowest BCUT2D eigenvalue weighted by Crippen LogP contribution is -2.27. The number of unbranched alkanes of at least 4 members (excludes halogenated alkanes) is 1. The highest BCUT2D eigenvalue weighted by molar-refractivity contribution is 5.42. The molecule has 20 heavy (non-hydrogen) atoms. The summed E-state index contributed by atoms with van der Waals surface area (Å²) in [4.78, 5) is 7.03. The van der Waals surface area contributed by atoms with E-state index in [1.807, 2.05) is 18.2 Å². The fourth-order valence-electron chi connectivity index (χ4n) is 2.51. The van der Waals surface area contributed by atoms with Gasteiger partial charge in [0.15, 0.2) is 0 Å². The maximum Gasteiger partial charge on any atom is 0.137 e. The molecule has 0 bridgehead atoms. The normalized spacial score (nSPS) is 11.6. The van der Waals surface area contributed by atoms with Crippen LogP contribution in [0.15, 0.2) is 24.4 Å². The lowest BCUT2D eigenvalue weighted by atomic mass is 10.2. The van der Waals surface area contributed by atoms with Crippen LogP contribution in [0.4, 0.5) is 0 Å². The number of hydrogen-bond acceptors (Lipinski definition) is 3. The van der Waals surface area contributed by atoms with E-state index in [2.05, 4.69) is 34.3 Å². The van der Waals surface area contributed by atoms with Crippen LogP contribution < -0.4 is 0 Å². The van der Waals surface area contributed by atoms with Crippen LogP contribution in [0.2, 0.25) is 0 Å². The first-order valence-electron chi connectivity index (χ1n) is 7.52. The molecule has 110 valence electrons. The molecule has 0 atom stereocenters. The van der Waals surface area contributed by atoms with Crippen molar-refractivity contribution in [3.63, 3.8) is 0 Å². The van der Waals surface area contributed by atoms with Crippen LogP contribution >= 0.6 is 0 Å². The van der Waals surface area contributed by atoms with Crippen LogP contribution in [-0.4, -0.2) is 39.1 Å². The van der Waals surface area contributed by atoms with E-state index in [0.717, 1.165) is 37.4 Å². The van der Waals surface area contributed by atoms with Crippen molar-refractivity contribution < 1.29 is 5.11 Å². The molecule has 2 aromatic heterocycles. The van der Waals surface area contributed by atoms with Crippen molar-refractivity contribution >= 4 is 5.65 Å². The summed E-state index contributed by atoms with van der Waals surface area (Å²) in [7, 11) is 0. The molecular weight excluding hydrogens is 250 g/mol. The van der Waals surface area contributed by atoms with Crippen molar-refractivity contribution in [2.75, 3.05) is 19.7 Å². The Hall–Kier alpha value is -1.39. The molecule has 2 aromatic rings. The van der Waals surface area contributed by atoms with Crippen LogP contribution in [-0.2, 0) is 6.54 Å². The molecule has 0 saturated carbocycles. The molecular formula is C16H25N3O. The number of aryl methyl sites for hydroxylation is 1. The second-order valence-electron chi connectivity index (χ2n) is 5.28. The van der Waals surface area contributed by atoms with Gasteiger partial charge in [-0.05, 0) is 38.4 Å². The second-order valence-corrected chi connectivity index (χ2v) is 5.28. The molecule has 0 aliphatic carbocycles. The van der Waals surface area contributed by atoms with Crippen molar-refractivity contribution in [2.45, 2.75) is 39.7 Å². The lowest BCUT2D eigenvalue weighted by molar-refractivity contribution is 0.214. The first-order chi connectivity index (χ1) is 9.76. The molecule has 4 heteroatoms. The number of aromatic nitrogens is 2. The minimum atomic E-state index is 0.259.